The Kier molecular flexibility index (Phi) is 6.27. The summed E-state index contributed by atoms with van der Waals surface area (Å²) < 4.78 is 17.8. The van der Waals surface area contributed by atoms with Crippen molar-refractivity contribution in [2.45, 2.75) is 24.8 Å². The summed E-state index contributed by atoms with van der Waals surface area (Å²) in [4.78, 5) is 12.6. The fourth-order valence-electron chi connectivity index (χ4n) is 1.70. The van der Waals surface area contributed by atoms with E-state index in [2.05, 4.69) is 15.8 Å². The van der Waals surface area contributed by atoms with E-state index in [0.717, 1.165) is 17.0 Å². The van der Waals surface area contributed by atoms with Crippen LogP contribution >= 0.6 is 11.8 Å². The molecular formula is C15H18FN3O2S. The molecule has 0 spiro atoms. The lowest BCUT2D eigenvalue weighted by Gasteiger charge is -2.06. The van der Waals surface area contributed by atoms with Gasteiger partial charge in [-0.25, -0.2) is 9.18 Å². The molecule has 118 valence electrons. The molecule has 0 saturated heterocycles. The van der Waals surface area contributed by atoms with Crippen molar-refractivity contribution < 1.29 is 13.7 Å². The van der Waals surface area contributed by atoms with Crippen molar-refractivity contribution >= 4 is 17.8 Å². The monoisotopic (exact) mass is 323 g/mol. The second-order valence-electron chi connectivity index (χ2n) is 4.55. The number of carbonyl (C=O) groups excluding carboxylic acids is 1. The summed E-state index contributed by atoms with van der Waals surface area (Å²) >= 11 is 1.55. The van der Waals surface area contributed by atoms with Crippen LogP contribution in [0.15, 0.2) is 39.8 Å². The van der Waals surface area contributed by atoms with Gasteiger partial charge in [0.2, 0.25) is 0 Å². The molecule has 2 aromatic rings. The number of halogens is 1. The van der Waals surface area contributed by atoms with Crippen molar-refractivity contribution in [1.29, 1.82) is 0 Å². The number of nitrogens with zero attached hydrogens (tertiary/aromatic N) is 1. The van der Waals surface area contributed by atoms with Gasteiger partial charge in [0.1, 0.15) is 5.82 Å². The first-order chi connectivity index (χ1) is 10.7. The van der Waals surface area contributed by atoms with E-state index >= 15 is 0 Å². The normalized spacial score (nSPS) is 10.5. The van der Waals surface area contributed by atoms with Crippen molar-refractivity contribution in [2.75, 3.05) is 12.3 Å². The smallest absolute Gasteiger partial charge is 0.315 e. The van der Waals surface area contributed by atoms with Crippen LogP contribution < -0.4 is 10.6 Å². The van der Waals surface area contributed by atoms with Gasteiger partial charge in [0.25, 0.3) is 0 Å². The van der Waals surface area contributed by atoms with Gasteiger partial charge >= 0.3 is 6.03 Å². The average molecular weight is 323 g/mol. The second-order valence-corrected chi connectivity index (χ2v) is 5.72. The molecule has 0 aliphatic heterocycles. The topological polar surface area (TPSA) is 67.2 Å². The Morgan fingerprint density at radius 2 is 2.09 bits per heavy atom. The minimum absolute atomic E-state index is 0.250. The van der Waals surface area contributed by atoms with Gasteiger partial charge in [-0.15, -0.1) is 11.8 Å². The molecule has 1 aromatic carbocycles. The lowest BCUT2D eigenvalue weighted by Crippen LogP contribution is -2.36. The SMILES string of the molecule is CCc1cc(CNC(=O)NCCSc2ccc(F)cc2)on1. The molecule has 0 aliphatic carbocycles. The first-order valence-corrected chi connectivity index (χ1v) is 8.00. The molecular weight excluding hydrogens is 305 g/mol. The highest BCUT2D eigenvalue weighted by Gasteiger charge is 2.05. The maximum Gasteiger partial charge on any atom is 0.315 e. The van der Waals surface area contributed by atoms with Gasteiger partial charge in [-0.1, -0.05) is 12.1 Å². The number of nitrogens with one attached hydrogen (secondary N) is 2. The van der Waals surface area contributed by atoms with E-state index in [0.29, 0.717) is 24.6 Å². The van der Waals surface area contributed by atoms with Crippen LogP contribution in [0.1, 0.15) is 18.4 Å². The predicted octanol–water partition coefficient (Wildman–Crippen LogP) is 2.97. The van der Waals surface area contributed by atoms with Crippen molar-refractivity contribution in [3.63, 3.8) is 0 Å². The van der Waals surface area contributed by atoms with Crippen LogP contribution in [0, 0.1) is 5.82 Å². The van der Waals surface area contributed by atoms with Crippen LogP contribution in [0.2, 0.25) is 0 Å². The van der Waals surface area contributed by atoms with Crippen molar-refractivity contribution in [2.24, 2.45) is 0 Å². The Bertz CT molecular complexity index is 601. The number of rotatable bonds is 7. The number of aryl methyl sites for hydroxylation is 1. The first kappa shape index (κ1) is 16.4. The summed E-state index contributed by atoms with van der Waals surface area (Å²) in [6, 6.07) is 7.85. The molecule has 5 nitrogen and oxygen atoms in total. The molecule has 22 heavy (non-hydrogen) atoms. The molecule has 2 amide bonds. The molecule has 2 N–H and O–H groups in total. The number of amides is 2. The molecule has 7 heteroatoms. The predicted molar refractivity (Wildman–Crippen MR) is 83.2 cm³/mol. The third-order valence-corrected chi connectivity index (χ3v) is 3.88. The summed E-state index contributed by atoms with van der Waals surface area (Å²) in [6.45, 7) is 2.81. The summed E-state index contributed by atoms with van der Waals surface area (Å²) in [5.41, 5.74) is 0.868. The zero-order valence-corrected chi connectivity index (χ0v) is 13.1. The van der Waals surface area contributed by atoms with E-state index in [-0.39, 0.29) is 11.8 Å². The van der Waals surface area contributed by atoms with E-state index in [4.69, 9.17) is 4.52 Å². The standard InChI is InChI=1S/C15H18FN3O2S/c1-2-12-9-13(21-19-12)10-18-15(20)17-7-8-22-14-5-3-11(16)4-6-14/h3-6,9H,2,7-8,10H2,1H3,(H2,17,18,20). The third-order valence-electron chi connectivity index (χ3n) is 2.86. The van der Waals surface area contributed by atoms with Crippen molar-refractivity contribution in [3.05, 3.63) is 47.6 Å². The Labute approximate surface area is 132 Å². The van der Waals surface area contributed by atoms with E-state index < -0.39 is 0 Å². The third kappa shape index (κ3) is 5.40. The maximum absolute atomic E-state index is 12.7. The molecule has 0 atom stereocenters. The van der Waals surface area contributed by atoms with Gasteiger partial charge < -0.3 is 15.2 Å². The fraction of sp³-hybridized carbons (Fsp3) is 0.333. The van der Waals surface area contributed by atoms with Crippen molar-refractivity contribution in [1.82, 2.24) is 15.8 Å². The second kappa shape index (κ2) is 8.43. The van der Waals surface area contributed by atoms with Gasteiger partial charge in [0, 0.05) is 23.3 Å². The maximum atomic E-state index is 12.7. The first-order valence-electron chi connectivity index (χ1n) is 7.02. The van der Waals surface area contributed by atoms with Gasteiger partial charge in [-0.05, 0) is 30.7 Å². The van der Waals surface area contributed by atoms with Gasteiger partial charge in [0.15, 0.2) is 5.76 Å². The summed E-state index contributed by atoms with van der Waals surface area (Å²) in [7, 11) is 0. The van der Waals surface area contributed by atoms with Gasteiger partial charge in [-0.2, -0.15) is 0 Å². The number of aromatic nitrogens is 1. The highest BCUT2D eigenvalue weighted by Crippen LogP contribution is 2.17. The van der Waals surface area contributed by atoms with Crippen LogP contribution in [0.3, 0.4) is 0 Å². The number of hydrogen-bond acceptors (Lipinski definition) is 4. The highest BCUT2D eigenvalue weighted by molar-refractivity contribution is 7.99. The zero-order chi connectivity index (χ0) is 15.8. The van der Waals surface area contributed by atoms with E-state index in [1.807, 2.05) is 13.0 Å². The Hall–Kier alpha value is -2.02. The van der Waals surface area contributed by atoms with Crippen LogP contribution in [0.25, 0.3) is 0 Å². The molecule has 0 fully saturated rings. The van der Waals surface area contributed by atoms with Gasteiger partial charge in [0.05, 0.1) is 12.2 Å². The Morgan fingerprint density at radius 3 is 2.77 bits per heavy atom. The van der Waals surface area contributed by atoms with E-state index in [1.165, 1.54) is 12.1 Å². The van der Waals surface area contributed by atoms with Crippen LogP contribution in [0.5, 0.6) is 0 Å². The van der Waals surface area contributed by atoms with Crippen LogP contribution in [-0.4, -0.2) is 23.5 Å². The summed E-state index contributed by atoms with van der Waals surface area (Å²) in [5, 5.41) is 9.30. The number of benzene rings is 1. The summed E-state index contributed by atoms with van der Waals surface area (Å²) in [6.07, 6.45) is 0.802. The average Bonchev–Trinajstić information content (AvgIpc) is 2.99. The highest BCUT2D eigenvalue weighted by atomic mass is 32.2. The molecule has 1 heterocycles. The lowest BCUT2D eigenvalue weighted by atomic mass is 10.3. The van der Waals surface area contributed by atoms with Crippen molar-refractivity contribution in [3.8, 4) is 0 Å². The lowest BCUT2D eigenvalue weighted by molar-refractivity contribution is 0.239. The fourth-order valence-corrected chi connectivity index (χ4v) is 2.47. The molecule has 1 aromatic heterocycles. The number of hydrogen-bond donors (Lipinski definition) is 2. The largest absolute Gasteiger partial charge is 0.359 e. The molecule has 2 rings (SSSR count). The number of urea groups is 1. The Balaban J connectivity index is 1.60. The van der Waals surface area contributed by atoms with Gasteiger partial charge in [-0.3, -0.25) is 0 Å². The zero-order valence-electron chi connectivity index (χ0n) is 12.3. The minimum atomic E-state index is -0.255. The minimum Gasteiger partial charge on any atom is -0.359 e. The molecule has 0 radical (unpaired) electrons. The molecule has 0 bridgehead atoms. The molecule has 0 saturated carbocycles. The Morgan fingerprint density at radius 1 is 1.32 bits per heavy atom. The van der Waals surface area contributed by atoms with E-state index in [9.17, 15) is 9.18 Å². The van der Waals surface area contributed by atoms with E-state index in [1.54, 1.807) is 23.9 Å². The molecule has 0 unspecified atom stereocenters. The van der Waals surface area contributed by atoms with Crippen LogP contribution in [-0.2, 0) is 13.0 Å². The number of thioether (sulfide) groups is 1. The summed E-state index contributed by atoms with van der Waals surface area (Å²) in [5.74, 6) is 1.09. The quantitative estimate of drug-likeness (QED) is 0.607. The molecule has 0 aliphatic rings. The van der Waals surface area contributed by atoms with Crippen LogP contribution in [0.4, 0.5) is 9.18 Å². The number of carbonyl (C=O) groups is 1.